The first-order valence-corrected chi connectivity index (χ1v) is 13.1. The highest BCUT2D eigenvalue weighted by atomic mass is 16.5. The van der Waals surface area contributed by atoms with Gasteiger partial charge >= 0.3 is 5.97 Å². The van der Waals surface area contributed by atoms with Crippen molar-refractivity contribution in [2.45, 2.75) is 98.3 Å². The maximum absolute atomic E-state index is 12.3. The summed E-state index contributed by atoms with van der Waals surface area (Å²) in [5.74, 6) is 0.596. The van der Waals surface area contributed by atoms with E-state index in [0.717, 1.165) is 56.9 Å². The number of carboxylic acids is 1. The van der Waals surface area contributed by atoms with Gasteiger partial charge in [-0.1, -0.05) is 39.3 Å². The van der Waals surface area contributed by atoms with E-state index in [0.29, 0.717) is 11.7 Å². The first kappa shape index (κ1) is 23.8. The molecule has 2 N–H and O–H groups in total. The molecule has 6 atom stereocenters. The van der Waals surface area contributed by atoms with E-state index < -0.39 is 11.4 Å². The average Bonchev–Trinajstić information content (AvgIpc) is 2.77. The van der Waals surface area contributed by atoms with Crippen LogP contribution < -0.4 is 4.74 Å². The highest BCUT2D eigenvalue weighted by Crippen LogP contribution is 2.74. The molecule has 0 heterocycles. The van der Waals surface area contributed by atoms with Gasteiger partial charge in [0.2, 0.25) is 0 Å². The SMILES string of the molecule is COc1c(O)cc2c(c1C)CC=C1[C@@]2(C)CC[C@@]2(C)[C@@H]3C[C@](C)(C(=O)O)CC[C@]3(C)CC[C@]12C. The van der Waals surface area contributed by atoms with Gasteiger partial charge in [-0.25, -0.2) is 0 Å². The van der Waals surface area contributed by atoms with Crippen molar-refractivity contribution in [3.05, 3.63) is 34.4 Å². The fourth-order valence-electron chi connectivity index (χ4n) is 9.14. The van der Waals surface area contributed by atoms with E-state index in [1.54, 1.807) is 7.11 Å². The second-order valence-electron chi connectivity index (χ2n) is 13.3. The third-order valence-corrected chi connectivity index (χ3v) is 11.8. The van der Waals surface area contributed by atoms with Crippen molar-refractivity contribution in [3.8, 4) is 11.5 Å². The number of phenols is 1. The standard InChI is InChI=1S/C30H42O4/c1-18-19-8-9-22-28(4,20(19)16-21(31)24(18)34-7)13-15-30(6)23-17-27(3,25(32)33)11-10-26(23,2)12-14-29(22,30)5/h9,16,23,31H,8,10-15,17H2,1-7H3,(H,32,33)/t23-,26-,27-,28+,29-,30+/m1/s1. The van der Waals surface area contributed by atoms with Crippen molar-refractivity contribution in [2.75, 3.05) is 7.11 Å². The van der Waals surface area contributed by atoms with Crippen LogP contribution in [0.5, 0.6) is 11.5 Å². The number of hydrogen-bond acceptors (Lipinski definition) is 3. The zero-order chi connectivity index (χ0) is 24.9. The Morgan fingerprint density at radius 2 is 1.71 bits per heavy atom. The van der Waals surface area contributed by atoms with Crippen molar-refractivity contribution in [2.24, 2.45) is 27.6 Å². The molecule has 0 saturated heterocycles. The van der Waals surface area contributed by atoms with E-state index in [9.17, 15) is 15.0 Å². The topological polar surface area (TPSA) is 66.8 Å². The molecular formula is C30H42O4. The lowest BCUT2D eigenvalue weighted by Gasteiger charge is -2.69. The summed E-state index contributed by atoms with van der Waals surface area (Å²) in [6, 6.07) is 1.97. The zero-order valence-electron chi connectivity index (χ0n) is 22.1. The van der Waals surface area contributed by atoms with Gasteiger partial charge in [0, 0.05) is 5.41 Å². The minimum Gasteiger partial charge on any atom is -0.504 e. The van der Waals surface area contributed by atoms with Crippen molar-refractivity contribution in [1.29, 1.82) is 0 Å². The van der Waals surface area contributed by atoms with Gasteiger partial charge < -0.3 is 14.9 Å². The molecule has 186 valence electrons. The second-order valence-corrected chi connectivity index (χ2v) is 13.3. The first-order valence-electron chi connectivity index (χ1n) is 13.1. The van der Waals surface area contributed by atoms with Crippen molar-refractivity contribution in [3.63, 3.8) is 0 Å². The fraction of sp³-hybridized carbons (Fsp3) is 0.700. The summed E-state index contributed by atoms with van der Waals surface area (Å²) in [4.78, 5) is 12.3. The number of aliphatic carboxylic acids is 1. The molecule has 0 bridgehead atoms. The van der Waals surface area contributed by atoms with E-state index in [1.165, 1.54) is 16.7 Å². The lowest BCUT2D eigenvalue weighted by Crippen LogP contribution is -2.62. The third-order valence-electron chi connectivity index (χ3n) is 11.8. The number of phenolic OH excluding ortho intramolecular Hbond substituents is 1. The molecule has 3 fully saturated rings. The maximum Gasteiger partial charge on any atom is 0.309 e. The molecule has 4 heteroatoms. The molecule has 5 rings (SSSR count). The monoisotopic (exact) mass is 466 g/mol. The van der Waals surface area contributed by atoms with Gasteiger partial charge in [-0.15, -0.1) is 0 Å². The third kappa shape index (κ3) is 2.74. The predicted molar refractivity (Wildman–Crippen MR) is 134 cm³/mol. The largest absolute Gasteiger partial charge is 0.504 e. The molecule has 34 heavy (non-hydrogen) atoms. The Bertz CT molecular complexity index is 1100. The molecule has 0 amide bonds. The van der Waals surface area contributed by atoms with Gasteiger partial charge in [0.05, 0.1) is 12.5 Å². The molecule has 3 saturated carbocycles. The number of carbonyl (C=O) groups is 1. The normalized spacial score (nSPS) is 43.0. The summed E-state index contributed by atoms with van der Waals surface area (Å²) >= 11 is 0. The Labute approximate surface area is 204 Å². The lowest BCUT2D eigenvalue weighted by atomic mass is 9.34. The van der Waals surface area contributed by atoms with E-state index in [2.05, 4.69) is 40.7 Å². The van der Waals surface area contributed by atoms with Gasteiger partial charge in [-0.2, -0.15) is 0 Å². The van der Waals surface area contributed by atoms with Crippen LogP contribution in [0.2, 0.25) is 0 Å². The molecular weight excluding hydrogens is 424 g/mol. The molecule has 0 radical (unpaired) electrons. The van der Waals surface area contributed by atoms with Gasteiger partial charge in [-0.05, 0) is 110 Å². The van der Waals surface area contributed by atoms with Gasteiger partial charge in [0.15, 0.2) is 11.5 Å². The number of fused-ring (bicyclic) bond motifs is 7. The smallest absolute Gasteiger partial charge is 0.309 e. The fourth-order valence-corrected chi connectivity index (χ4v) is 9.14. The molecule has 1 aromatic rings. The van der Waals surface area contributed by atoms with Gasteiger partial charge in [-0.3, -0.25) is 4.79 Å². The summed E-state index contributed by atoms with van der Waals surface area (Å²) in [6.45, 7) is 13.8. The maximum atomic E-state index is 12.3. The first-order chi connectivity index (χ1) is 15.8. The van der Waals surface area contributed by atoms with Crippen LogP contribution in [0.25, 0.3) is 0 Å². The van der Waals surface area contributed by atoms with E-state index in [-0.39, 0.29) is 27.4 Å². The minimum absolute atomic E-state index is 0.0159. The number of benzene rings is 1. The molecule has 4 aliphatic carbocycles. The quantitative estimate of drug-likeness (QED) is 0.463. The molecule has 0 aromatic heterocycles. The van der Waals surface area contributed by atoms with Crippen molar-refractivity contribution >= 4 is 5.97 Å². The Balaban J connectivity index is 1.62. The van der Waals surface area contributed by atoms with Crippen LogP contribution >= 0.6 is 0 Å². The van der Waals surface area contributed by atoms with E-state index >= 15 is 0 Å². The molecule has 1 aromatic carbocycles. The van der Waals surface area contributed by atoms with Crippen LogP contribution in [0.15, 0.2) is 17.7 Å². The Kier molecular flexibility index (Phi) is 4.92. The van der Waals surface area contributed by atoms with Crippen molar-refractivity contribution in [1.82, 2.24) is 0 Å². The van der Waals surface area contributed by atoms with E-state index in [1.807, 2.05) is 13.0 Å². The number of hydrogen-bond donors (Lipinski definition) is 2. The summed E-state index contributed by atoms with van der Waals surface area (Å²) in [7, 11) is 1.63. The number of methoxy groups -OCH3 is 1. The van der Waals surface area contributed by atoms with E-state index in [4.69, 9.17) is 4.74 Å². The Hall–Kier alpha value is -1.97. The highest BCUT2D eigenvalue weighted by Gasteiger charge is 2.67. The van der Waals surface area contributed by atoms with Crippen LogP contribution in [0.1, 0.15) is 96.3 Å². The summed E-state index contributed by atoms with van der Waals surface area (Å²) in [6.07, 6.45) is 10.4. The van der Waals surface area contributed by atoms with Crippen LogP contribution in [-0.2, 0) is 16.6 Å². The van der Waals surface area contributed by atoms with Crippen LogP contribution in [0.4, 0.5) is 0 Å². The van der Waals surface area contributed by atoms with Crippen molar-refractivity contribution < 1.29 is 19.7 Å². The molecule has 0 unspecified atom stereocenters. The highest BCUT2D eigenvalue weighted by molar-refractivity contribution is 5.74. The van der Waals surface area contributed by atoms with Crippen LogP contribution in [-0.4, -0.2) is 23.3 Å². The Morgan fingerprint density at radius 1 is 1.03 bits per heavy atom. The number of allylic oxidation sites excluding steroid dienone is 2. The van der Waals surface area contributed by atoms with Crippen LogP contribution in [0, 0.1) is 34.5 Å². The number of carboxylic acid groups (broad SMARTS) is 1. The predicted octanol–water partition coefficient (Wildman–Crippen LogP) is 6.95. The van der Waals surface area contributed by atoms with Gasteiger partial charge in [0.25, 0.3) is 0 Å². The number of aromatic hydroxyl groups is 1. The number of rotatable bonds is 2. The zero-order valence-corrected chi connectivity index (χ0v) is 22.1. The van der Waals surface area contributed by atoms with Crippen LogP contribution in [0.3, 0.4) is 0 Å². The molecule has 4 aliphatic rings. The van der Waals surface area contributed by atoms with Gasteiger partial charge in [0.1, 0.15) is 0 Å². The minimum atomic E-state index is -0.628. The summed E-state index contributed by atoms with van der Waals surface area (Å²) < 4.78 is 5.52. The molecule has 0 spiro atoms. The summed E-state index contributed by atoms with van der Waals surface area (Å²) in [5.41, 5.74) is 4.68. The summed E-state index contributed by atoms with van der Waals surface area (Å²) in [5, 5.41) is 20.9. The average molecular weight is 467 g/mol. The molecule has 4 nitrogen and oxygen atoms in total. The lowest BCUT2D eigenvalue weighted by molar-refractivity contribution is -0.177. The number of ether oxygens (including phenoxy) is 1. The molecule has 0 aliphatic heterocycles. The Morgan fingerprint density at radius 3 is 2.35 bits per heavy atom. The second kappa shape index (κ2) is 7.04.